The van der Waals surface area contributed by atoms with Crippen LogP contribution < -0.4 is 14.4 Å². The molecular weight excluding hydrogens is 412 g/mol. The molecule has 0 spiro atoms. The Morgan fingerprint density at radius 3 is 2.29 bits per heavy atom. The van der Waals surface area contributed by atoms with Gasteiger partial charge in [-0.05, 0) is 60.5 Å². The van der Waals surface area contributed by atoms with Crippen LogP contribution in [-0.4, -0.2) is 28.0 Å². The molecule has 1 N–H and O–H groups in total. The van der Waals surface area contributed by atoms with Gasteiger partial charge in [0.1, 0.15) is 5.75 Å². The fourth-order valence-corrected chi connectivity index (χ4v) is 4.03. The van der Waals surface area contributed by atoms with Gasteiger partial charge in [0.2, 0.25) is 0 Å². The largest absolute Gasteiger partial charge is 0.493 e. The van der Waals surface area contributed by atoms with Crippen molar-refractivity contribution in [2.45, 2.75) is 18.7 Å². The number of hydrogen-bond acceptors (Lipinski definition) is 4. The quantitative estimate of drug-likeness (QED) is 0.548. The lowest BCUT2D eigenvalue weighted by atomic mass is 10.2. The van der Waals surface area contributed by atoms with E-state index in [4.69, 9.17) is 4.74 Å². The molecular formula is C24H26N2O4S. The minimum Gasteiger partial charge on any atom is -0.493 e. The van der Waals surface area contributed by atoms with Gasteiger partial charge in [-0.15, -0.1) is 0 Å². The molecule has 3 rings (SSSR count). The molecule has 0 aliphatic rings. The van der Waals surface area contributed by atoms with Crippen molar-refractivity contribution in [3.05, 3.63) is 84.4 Å². The predicted molar refractivity (Wildman–Crippen MR) is 123 cm³/mol. The van der Waals surface area contributed by atoms with Crippen LogP contribution in [0.2, 0.25) is 0 Å². The van der Waals surface area contributed by atoms with Crippen LogP contribution >= 0.6 is 0 Å². The fourth-order valence-electron chi connectivity index (χ4n) is 2.84. The molecule has 0 unspecified atom stereocenters. The van der Waals surface area contributed by atoms with Gasteiger partial charge in [0.15, 0.2) is 0 Å². The Morgan fingerprint density at radius 2 is 1.65 bits per heavy atom. The minimum atomic E-state index is -3.70. The average molecular weight is 439 g/mol. The number of benzene rings is 3. The number of nitrogens with one attached hydrogen (secondary N) is 1. The summed E-state index contributed by atoms with van der Waals surface area (Å²) in [4.78, 5) is 12.7. The van der Waals surface area contributed by atoms with E-state index >= 15 is 0 Å². The van der Waals surface area contributed by atoms with Crippen LogP contribution in [0.1, 0.15) is 24.2 Å². The molecule has 6 nitrogen and oxygen atoms in total. The van der Waals surface area contributed by atoms with Crippen LogP contribution in [0.25, 0.3) is 0 Å². The number of ether oxygens (including phenoxy) is 1. The first-order valence-corrected chi connectivity index (χ1v) is 11.4. The summed E-state index contributed by atoms with van der Waals surface area (Å²) in [5.41, 5.74) is 1.53. The van der Waals surface area contributed by atoms with Crippen molar-refractivity contribution in [1.82, 2.24) is 0 Å². The lowest BCUT2D eigenvalue weighted by molar-refractivity contribution is 0.102. The van der Waals surface area contributed by atoms with Crippen LogP contribution in [0.3, 0.4) is 0 Å². The van der Waals surface area contributed by atoms with Gasteiger partial charge >= 0.3 is 0 Å². The van der Waals surface area contributed by atoms with Crippen LogP contribution in [0.4, 0.5) is 11.4 Å². The van der Waals surface area contributed by atoms with Crippen LogP contribution in [0.5, 0.6) is 5.75 Å². The number of hydrogen-bond donors (Lipinski definition) is 1. The van der Waals surface area contributed by atoms with Gasteiger partial charge in [0.25, 0.3) is 15.9 Å². The normalized spacial score (nSPS) is 11.2. The van der Waals surface area contributed by atoms with Crippen molar-refractivity contribution >= 4 is 27.3 Å². The van der Waals surface area contributed by atoms with Crippen LogP contribution in [0.15, 0.2) is 83.8 Å². The molecule has 7 heteroatoms. The van der Waals surface area contributed by atoms with E-state index < -0.39 is 10.0 Å². The second-order valence-corrected chi connectivity index (χ2v) is 9.49. The number of amides is 1. The molecule has 162 valence electrons. The van der Waals surface area contributed by atoms with Crippen molar-refractivity contribution in [3.63, 3.8) is 0 Å². The summed E-state index contributed by atoms with van der Waals surface area (Å²) in [6, 6.07) is 21.9. The molecule has 0 bridgehead atoms. The zero-order valence-corrected chi connectivity index (χ0v) is 18.6. The monoisotopic (exact) mass is 438 g/mol. The van der Waals surface area contributed by atoms with Gasteiger partial charge in [-0.2, -0.15) is 0 Å². The molecule has 0 heterocycles. The predicted octanol–water partition coefficient (Wildman–Crippen LogP) is 4.80. The van der Waals surface area contributed by atoms with Crippen LogP contribution in [0, 0.1) is 5.92 Å². The Labute approximate surface area is 183 Å². The van der Waals surface area contributed by atoms with E-state index in [1.165, 1.54) is 23.5 Å². The van der Waals surface area contributed by atoms with Crippen molar-refractivity contribution < 1.29 is 17.9 Å². The molecule has 0 saturated heterocycles. The van der Waals surface area contributed by atoms with Crippen molar-refractivity contribution in [2.24, 2.45) is 5.92 Å². The highest BCUT2D eigenvalue weighted by molar-refractivity contribution is 7.92. The van der Waals surface area contributed by atoms with Gasteiger partial charge < -0.3 is 10.1 Å². The molecule has 1 amide bonds. The van der Waals surface area contributed by atoms with E-state index in [2.05, 4.69) is 19.2 Å². The third-order valence-electron chi connectivity index (χ3n) is 4.57. The first kappa shape index (κ1) is 22.4. The summed E-state index contributed by atoms with van der Waals surface area (Å²) < 4.78 is 32.6. The second-order valence-electron chi connectivity index (χ2n) is 7.52. The van der Waals surface area contributed by atoms with Crippen molar-refractivity contribution in [1.29, 1.82) is 0 Å². The molecule has 3 aromatic carbocycles. The first-order chi connectivity index (χ1) is 14.8. The molecule has 0 aliphatic carbocycles. The van der Waals surface area contributed by atoms with Gasteiger partial charge in [-0.25, -0.2) is 8.42 Å². The van der Waals surface area contributed by atoms with E-state index in [0.717, 1.165) is 0 Å². The highest BCUT2D eigenvalue weighted by Crippen LogP contribution is 2.23. The Balaban J connectivity index is 1.71. The zero-order valence-electron chi connectivity index (χ0n) is 17.8. The molecule has 31 heavy (non-hydrogen) atoms. The molecule has 0 saturated carbocycles. The average Bonchev–Trinajstić information content (AvgIpc) is 2.78. The number of para-hydroxylation sites is 1. The molecule has 0 aliphatic heterocycles. The molecule has 3 aromatic rings. The summed E-state index contributed by atoms with van der Waals surface area (Å²) in [7, 11) is -2.20. The number of carbonyl (C=O) groups excluding carboxylic acids is 1. The summed E-state index contributed by atoms with van der Waals surface area (Å²) in [6.07, 6.45) is 0. The van der Waals surface area contributed by atoms with E-state index in [9.17, 15) is 13.2 Å². The maximum absolute atomic E-state index is 12.9. The van der Waals surface area contributed by atoms with Gasteiger partial charge in [0.05, 0.1) is 17.2 Å². The highest BCUT2D eigenvalue weighted by Gasteiger charge is 2.21. The van der Waals surface area contributed by atoms with Gasteiger partial charge in [-0.3, -0.25) is 9.10 Å². The number of sulfonamides is 1. The lowest BCUT2D eigenvalue weighted by Gasteiger charge is -2.19. The maximum Gasteiger partial charge on any atom is 0.264 e. The Kier molecular flexibility index (Phi) is 6.97. The van der Waals surface area contributed by atoms with Crippen molar-refractivity contribution in [2.75, 3.05) is 23.3 Å². The van der Waals surface area contributed by atoms with E-state index in [1.807, 2.05) is 12.1 Å². The first-order valence-electron chi connectivity index (χ1n) is 9.95. The van der Waals surface area contributed by atoms with Gasteiger partial charge in [-0.1, -0.05) is 38.1 Å². The van der Waals surface area contributed by atoms with Crippen LogP contribution in [-0.2, 0) is 10.0 Å². The molecule has 0 fully saturated rings. The smallest absolute Gasteiger partial charge is 0.264 e. The Hall–Kier alpha value is -3.32. The maximum atomic E-state index is 12.9. The zero-order chi connectivity index (χ0) is 22.4. The second kappa shape index (κ2) is 9.66. The van der Waals surface area contributed by atoms with E-state index in [1.54, 1.807) is 54.6 Å². The number of nitrogens with zero attached hydrogens (tertiary/aromatic N) is 1. The number of anilines is 2. The molecule has 0 atom stereocenters. The fraction of sp³-hybridized carbons (Fsp3) is 0.208. The van der Waals surface area contributed by atoms with Crippen molar-refractivity contribution in [3.8, 4) is 5.75 Å². The summed E-state index contributed by atoms with van der Waals surface area (Å²) >= 11 is 0. The number of carbonyl (C=O) groups is 1. The SMILES string of the molecule is CC(C)COc1cccc(C(=O)Nc2ccc(S(=O)(=O)N(C)c3ccccc3)cc2)c1. The summed E-state index contributed by atoms with van der Waals surface area (Å²) in [6.45, 7) is 4.68. The van der Waals surface area contributed by atoms with E-state index in [-0.39, 0.29) is 10.8 Å². The van der Waals surface area contributed by atoms with Gasteiger partial charge in [0, 0.05) is 18.3 Å². The third-order valence-corrected chi connectivity index (χ3v) is 6.37. The summed E-state index contributed by atoms with van der Waals surface area (Å²) in [5.74, 6) is 0.715. The lowest BCUT2D eigenvalue weighted by Crippen LogP contribution is -2.26. The minimum absolute atomic E-state index is 0.140. The molecule has 0 aromatic heterocycles. The molecule has 0 radical (unpaired) electrons. The number of rotatable bonds is 8. The third kappa shape index (κ3) is 5.64. The highest BCUT2D eigenvalue weighted by atomic mass is 32.2. The summed E-state index contributed by atoms with van der Waals surface area (Å²) in [5, 5.41) is 2.79. The Morgan fingerprint density at radius 1 is 0.968 bits per heavy atom. The topological polar surface area (TPSA) is 75.7 Å². The Bertz CT molecular complexity index is 1130. The van der Waals surface area contributed by atoms with E-state index in [0.29, 0.717) is 35.2 Å². The standard InChI is InChI=1S/C24H26N2O4S/c1-18(2)17-30-22-11-7-8-19(16-22)24(27)25-20-12-14-23(15-13-20)31(28,29)26(3)21-9-5-4-6-10-21/h4-16,18H,17H2,1-3H3,(H,25,27).